The van der Waals surface area contributed by atoms with Crippen molar-refractivity contribution < 1.29 is 28.2 Å². The second-order valence-electron chi connectivity index (χ2n) is 9.67. The lowest BCUT2D eigenvalue weighted by Crippen LogP contribution is -2.27. The average Bonchev–Trinajstić information content (AvgIpc) is 3.41. The Kier molecular flexibility index (Phi) is 8.45. The summed E-state index contributed by atoms with van der Waals surface area (Å²) in [5.41, 5.74) is 2.13. The minimum Gasteiger partial charge on any atom is -0.478 e. The lowest BCUT2D eigenvalue weighted by Gasteiger charge is -2.26. The Morgan fingerprint density at radius 2 is 1.62 bits per heavy atom. The third kappa shape index (κ3) is 5.94. The second-order valence-corrected chi connectivity index (χ2v) is 10.1. The van der Waals surface area contributed by atoms with Crippen LogP contribution in [-0.2, 0) is 16.0 Å². The van der Waals surface area contributed by atoms with Crippen LogP contribution in [0, 0.1) is 17.6 Å². The average molecular weight is 587 g/mol. The number of nitrogens with one attached hydrogen (secondary N) is 1. The van der Waals surface area contributed by atoms with Crippen LogP contribution >= 0.6 is 11.6 Å². The largest absolute Gasteiger partial charge is 0.478 e. The molecule has 0 unspecified atom stereocenters. The van der Waals surface area contributed by atoms with Crippen molar-refractivity contribution in [3.63, 3.8) is 0 Å². The zero-order valence-corrected chi connectivity index (χ0v) is 23.1. The van der Waals surface area contributed by atoms with Gasteiger partial charge in [-0.05, 0) is 47.9 Å². The molecular weight excluding hydrogens is 562 g/mol. The number of H-pyrrole nitrogens is 1. The van der Waals surface area contributed by atoms with E-state index >= 15 is 4.39 Å². The predicted molar refractivity (Wildman–Crippen MR) is 155 cm³/mol. The summed E-state index contributed by atoms with van der Waals surface area (Å²) in [5.74, 6) is -4.93. The molecule has 2 atom stereocenters. The van der Waals surface area contributed by atoms with Gasteiger partial charge in [-0.15, -0.1) is 0 Å². The number of ether oxygens (including phenoxy) is 1. The summed E-state index contributed by atoms with van der Waals surface area (Å²) >= 11 is 6.33. The van der Waals surface area contributed by atoms with Gasteiger partial charge in [0.2, 0.25) is 0 Å². The first kappa shape index (κ1) is 28.7. The number of rotatable bonds is 9. The van der Waals surface area contributed by atoms with E-state index in [9.17, 15) is 19.1 Å². The molecule has 2 N–H and O–H groups in total. The fourth-order valence-corrected chi connectivity index (χ4v) is 5.31. The van der Waals surface area contributed by atoms with Crippen LogP contribution in [0.3, 0.4) is 0 Å². The molecule has 0 aliphatic carbocycles. The number of nitrogens with zero attached hydrogens (tertiary/aromatic N) is 1. The molecule has 0 radical (unpaired) electrons. The van der Waals surface area contributed by atoms with Crippen molar-refractivity contribution in [2.45, 2.75) is 12.3 Å². The van der Waals surface area contributed by atoms with Crippen LogP contribution in [0.25, 0.3) is 22.6 Å². The van der Waals surface area contributed by atoms with Gasteiger partial charge in [0.25, 0.3) is 0 Å². The molecule has 6 nitrogen and oxygen atoms in total. The number of esters is 1. The fraction of sp³-hybridized carbons (Fsp3) is 0.121. The van der Waals surface area contributed by atoms with Gasteiger partial charge in [0.15, 0.2) is 0 Å². The quantitative estimate of drug-likeness (QED) is 0.174. The summed E-state index contributed by atoms with van der Waals surface area (Å²) < 4.78 is 34.1. The molecule has 0 aliphatic heterocycles. The van der Waals surface area contributed by atoms with E-state index in [1.807, 2.05) is 60.7 Å². The van der Waals surface area contributed by atoms with Crippen LogP contribution in [0.1, 0.15) is 33.1 Å². The zero-order chi connectivity index (χ0) is 29.8. The highest BCUT2D eigenvalue weighted by Crippen LogP contribution is 2.42. The summed E-state index contributed by atoms with van der Waals surface area (Å²) in [6.07, 6.45) is 0.265. The van der Waals surface area contributed by atoms with Crippen molar-refractivity contribution in [1.82, 2.24) is 9.97 Å². The molecule has 1 aromatic heterocycles. The third-order valence-corrected chi connectivity index (χ3v) is 7.29. The number of aromatic carboxylic acids is 1. The number of carbonyl (C=O) groups excluding carboxylic acids is 1. The second kappa shape index (κ2) is 12.4. The van der Waals surface area contributed by atoms with Gasteiger partial charge in [0, 0.05) is 22.6 Å². The summed E-state index contributed by atoms with van der Waals surface area (Å²) in [4.78, 5) is 33.6. The fourth-order valence-electron chi connectivity index (χ4n) is 5.13. The standard InChI is InChI=1S/C33H25ClF2N2O4/c1-42-33(41)26(16-19-8-4-2-5-9-19)28(20-10-6-3-7-11-20)30-29(25-17-21(34)12-14-23(25)32(39)40)37-31(38-30)24-15-13-22(35)18-27(24)36/h2-15,17-18,26,28H,16H2,1H3,(H,37,38)(H,39,40)/t26-,28+/m0/s1. The highest BCUT2D eigenvalue weighted by molar-refractivity contribution is 6.31. The molecule has 5 rings (SSSR count). The Hall–Kier alpha value is -4.82. The lowest BCUT2D eigenvalue weighted by molar-refractivity contribution is -0.145. The van der Waals surface area contributed by atoms with Crippen LogP contribution in [0.15, 0.2) is 97.1 Å². The first-order chi connectivity index (χ1) is 20.3. The molecule has 9 heteroatoms. The molecule has 0 bridgehead atoms. The molecular formula is C33H25ClF2N2O4. The molecule has 0 saturated carbocycles. The van der Waals surface area contributed by atoms with Gasteiger partial charge in [0.05, 0.1) is 35.5 Å². The monoisotopic (exact) mass is 586 g/mol. The number of hydrogen-bond acceptors (Lipinski definition) is 4. The third-order valence-electron chi connectivity index (χ3n) is 7.06. The number of carboxylic acid groups (broad SMARTS) is 1. The van der Waals surface area contributed by atoms with Crippen molar-refractivity contribution in [3.8, 4) is 22.6 Å². The summed E-state index contributed by atoms with van der Waals surface area (Å²) in [6, 6.07) is 25.9. The van der Waals surface area contributed by atoms with E-state index in [0.29, 0.717) is 5.56 Å². The molecule has 0 aliphatic rings. The number of aromatic amines is 1. The van der Waals surface area contributed by atoms with Crippen LogP contribution in [0.2, 0.25) is 5.02 Å². The lowest BCUT2D eigenvalue weighted by atomic mass is 9.78. The molecule has 212 valence electrons. The highest BCUT2D eigenvalue weighted by atomic mass is 35.5. The molecule has 1 heterocycles. The summed E-state index contributed by atoms with van der Waals surface area (Å²) in [6.45, 7) is 0. The van der Waals surface area contributed by atoms with E-state index < -0.39 is 35.4 Å². The van der Waals surface area contributed by atoms with E-state index in [2.05, 4.69) is 4.98 Å². The number of carbonyl (C=O) groups is 2. The normalized spacial score (nSPS) is 12.5. The van der Waals surface area contributed by atoms with Crippen LogP contribution < -0.4 is 0 Å². The Labute approximate surface area is 245 Å². The summed E-state index contributed by atoms with van der Waals surface area (Å²) in [7, 11) is 1.30. The number of carboxylic acids is 1. The highest BCUT2D eigenvalue weighted by Gasteiger charge is 2.37. The number of methoxy groups -OCH3 is 1. The van der Waals surface area contributed by atoms with Gasteiger partial charge in [-0.2, -0.15) is 0 Å². The number of benzene rings is 4. The maximum absolute atomic E-state index is 15.0. The maximum Gasteiger partial charge on any atom is 0.336 e. The van der Waals surface area contributed by atoms with Gasteiger partial charge in [-0.25, -0.2) is 18.6 Å². The molecule has 4 aromatic carbocycles. The first-order valence-electron chi connectivity index (χ1n) is 13.0. The topological polar surface area (TPSA) is 92.3 Å². The van der Waals surface area contributed by atoms with E-state index in [0.717, 1.165) is 17.7 Å². The number of halogens is 3. The number of aromatic nitrogens is 2. The molecule has 5 aromatic rings. The van der Waals surface area contributed by atoms with Crippen molar-refractivity contribution in [2.24, 2.45) is 5.92 Å². The van der Waals surface area contributed by atoms with Crippen LogP contribution in [-0.4, -0.2) is 34.1 Å². The van der Waals surface area contributed by atoms with E-state index in [1.165, 1.54) is 31.4 Å². The summed E-state index contributed by atoms with van der Waals surface area (Å²) in [5, 5.41) is 10.3. The van der Waals surface area contributed by atoms with Crippen LogP contribution in [0.5, 0.6) is 0 Å². The predicted octanol–water partition coefficient (Wildman–Crippen LogP) is 7.54. The Morgan fingerprint density at radius 3 is 2.26 bits per heavy atom. The Balaban J connectivity index is 1.82. The smallest absolute Gasteiger partial charge is 0.336 e. The minimum absolute atomic E-state index is 0.0260. The van der Waals surface area contributed by atoms with Crippen molar-refractivity contribution in [3.05, 3.63) is 136 Å². The van der Waals surface area contributed by atoms with Gasteiger partial charge in [-0.3, -0.25) is 4.79 Å². The number of hydrogen-bond donors (Lipinski definition) is 2. The Bertz CT molecular complexity index is 1740. The molecule has 0 fully saturated rings. The van der Waals surface area contributed by atoms with E-state index in [1.54, 1.807) is 0 Å². The zero-order valence-electron chi connectivity index (χ0n) is 22.4. The van der Waals surface area contributed by atoms with Crippen molar-refractivity contribution in [1.29, 1.82) is 0 Å². The van der Waals surface area contributed by atoms with Gasteiger partial charge < -0.3 is 14.8 Å². The van der Waals surface area contributed by atoms with Gasteiger partial charge in [0.1, 0.15) is 17.5 Å². The molecule has 42 heavy (non-hydrogen) atoms. The Morgan fingerprint density at radius 1 is 0.929 bits per heavy atom. The van der Waals surface area contributed by atoms with Gasteiger partial charge >= 0.3 is 11.9 Å². The SMILES string of the molecule is COC(=O)[C@@H](Cc1ccccc1)[C@@H](c1ccccc1)c1nc(-c2ccc(F)cc2F)[nH]c1-c1cc(Cl)ccc1C(=O)O. The van der Waals surface area contributed by atoms with Gasteiger partial charge in [-0.1, -0.05) is 72.3 Å². The maximum atomic E-state index is 15.0. The van der Waals surface area contributed by atoms with Crippen molar-refractivity contribution >= 4 is 23.5 Å². The first-order valence-corrected chi connectivity index (χ1v) is 13.4. The van der Waals surface area contributed by atoms with E-state index in [4.69, 9.17) is 21.3 Å². The van der Waals surface area contributed by atoms with Crippen LogP contribution in [0.4, 0.5) is 8.78 Å². The molecule has 0 spiro atoms. The number of imidazole rings is 1. The van der Waals surface area contributed by atoms with E-state index in [-0.39, 0.29) is 45.3 Å². The molecule has 0 saturated heterocycles. The minimum atomic E-state index is -1.22. The van der Waals surface area contributed by atoms with Crippen molar-refractivity contribution in [2.75, 3.05) is 7.11 Å². The molecule has 0 amide bonds.